The summed E-state index contributed by atoms with van der Waals surface area (Å²) in [5, 5.41) is 12.5. The summed E-state index contributed by atoms with van der Waals surface area (Å²) in [7, 11) is -4.50. The summed E-state index contributed by atoms with van der Waals surface area (Å²) in [5.41, 5.74) is -1.34. The van der Waals surface area contributed by atoms with Gasteiger partial charge in [0.05, 0.1) is 12.6 Å². The molecule has 0 radical (unpaired) electrons. The Labute approximate surface area is 174 Å². The lowest BCUT2D eigenvalue weighted by Crippen LogP contribution is -2.70. The lowest BCUT2D eigenvalue weighted by atomic mass is 9.50. The van der Waals surface area contributed by atoms with Gasteiger partial charge in [0.25, 0.3) is 0 Å². The van der Waals surface area contributed by atoms with Gasteiger partial charge < -0.3 is 10.2 Å². The van der Waals surface area contributed by atoms with E-state index in [1.54, 1.807) is 4.90 Å². The third kappa shape index (κ3) is 4.46. The van der Waals surface area contributed by atoms with E-state index in [9.17, 15) is 31.6 Å². The highest BCUT2D eigenvalue weighted by atomic mass is 32.2. The van der Waals surface area contributed by atoms with Crippen molar-refractivity contribution in [1.82, 2.24) is 14.9 Å². The molecule has 11 heteroatoms. The van der Waals surface area contributed by atoms with E-state index in [2.05, 4.69) is 16.1 Å². The predicted octanol–water partition coefficient (Wildman–Crippen LogP) is 1.66. The number of nitrogens with one attached hydrogen (secondary N) is 2. The number of sulfonamides is 1. The van der Waals surface area contributed by atoms with Gasteiger partial charge >= 0.3 is 6.18 Å². The van der Waals surface area contributed by atoms with Gasteiger partial charge in [-0.15, -0.1) is 0 Å². The number of carbonyl (C=O) groups excluding carboxylic acids is 1. The number of hydrogen-bond acceptors (Lipinski definition) is 5. The summed E-state index contributed by atoms with van der Waals surface area (Å²) in [6.45, 7) is 0.612. The number of nitriles is 1. The van der Waals surface area contributed by atoms with Crippen molar-refractivity contribution in [2.45, 2.75) is 74.7 Å². The Morgan fingerprint density at radius 2 is 1.80 bits per heavy atom. The fraction of sp³-hybridized carbons (Fsp3) is 0.895. The second kappa shape index (κ2) is 7.35. The molecule has 3 atom stereocenters. The van der Waals surface area contributed by atoms with Crippen LogP contribution in [-0.2, 0) is 14.8 Å². The Balaban J connectivity index is 1.46. The number of likely N-dealkylation sites (tertiary alicyclic amines) is 1. The maximum Gasteiger partial charge on any atom is 0.404 e. The van der Waals surface area contributed by atoms with Crippen LogP contribution in [-0.4, -0.2) is 61.4 Å². The van der Waals surface area contributed by atoms with Crippen LogP contribution < -0.4 is 10.0 Å². The van der Waals surface area contributed by atoms with Gasteiger partial charge in [-0.3, -0.25) is 4.79 Å². The van der Waals surface area contributed by atoms with E-state index in [0.29, 0.717) is 32.2 Å². The van der Waals surface area contributed by atoms with E-state index in [-0.39, 0.29) is 24.3 Å². The first-order valence-electron chi connectivity index (χ1n) is 10.4. The molecule has 7 nitrogen and oxygen atoms in total. The SMILES string of the molecule is N#C[C@@H]1CCCN1C(=O)CNC12CC3CC(C1)CC(NS(=O)(=O)CC(F)(F)F)(C3)C2. The molecule has 30 heavy (non-hydrogen) atoms. The molecule has 4 saturated carbocycles. The van der Waals surface area contributed by atoms with Gasteiger partial charge in [0.2, 0.25) is 15.9 Å². The number of alkyl halides is 3. The predicted molar refractivity (Wildman–Crippen MR) is 101 cm³/mol. The van der Waals surface area contributed by atoms with Crippen LogP contribution in [0, 0.1) is 23.2 Å². The lowest BCUT2D eigenvalue weighted by Gasteiger charge is -2.62. The number of carbonyl (C=O) groups is 1. The van der Waals surface area contributed by atoms with Crippen molar-refractivity contribution in [3.8, 4) is 6.07 Å². The summed E-state index contributed by atoms with van der Waals surface area (Å²) < 4.78 is 64.9. The highest BCUT2D eigenvalue weighted by molar-refractivity contribution is 7.89. The van der Waals surface area contributed by atoms with Crippen molar-refractivity contribution in [2.75, 3.05) is 18.8 Å². The molecule has 0 spiro atoms. The normalized spacial score (nSPS) is 38.1. The Bertz CT molecular complexity index is 840. The molecule has 1 aliphatic heterocycles. The lowest BCUT2D eigenvalue weighted by molar-refractivity contribution is -0.131. The number of amides is 1. The van der Waals surface area contributed by atoms with Crippen molar-refractivity contribution >= 4 is 15.9 Å². The minimum atomic E-state index is -4.79. The smallest absolute Gasteiger partial charge is 0.326 e. The largest absolute Gasteiger partial charge is 0.404 e. The molecule has 4 bridgehead atoms. The van der Waals surface area contributed by atoms with Crippen LogP contribution in [0.15, 0.2) is 0 Å². The van der Waals surface area contributed by atoms with Crippen molar-refractivity contribution < 1.29 is 26.4 Å². The maximum absolute atomic E-state index is 12.7. The molecule has 1 saturated heterocycles. The van der Waals surface area contributed by atoms with Crippen LogP contribution in [0.4, 0.5) is 13.2 Å². The molecular formula is C19H27F3N4O3S. The van der Waals surface area contributed by atoms with Crippen LogP contribution in [0.5, 0.6) is 0 Å². The zero-order valence-corrected chi connectivity index (χ0v) is 17.5. The Kier molecular flexibility index (Phi) is 5.35. The van der Waals surface area contributed by atoms with E-state index in [1.807, 2.05) is 0 Å². The highest BCUT2D eigenvalue weighted by Gasteiger charge is 2.59. The maximum atomic E-state index is 12.7. The summed E-state index contributed by atoms with van der Waals surface area (Å²) in [6.07, 6.45) is 0.680. The standard InChI is InChI=1S/C19H27F3N4O3S/c20-19(21,22)12-30(28,29)25-18-7-13-4-14(8-18)6-17(5-13,11-18)24-10-16(27)26-3-1-2-15(26)9-23/h13-15,24-25H,1-8,10-12H2/t13?,14?,15-,17?,18?/m0/s1. The molecular weight excluding hydrogens is 421 g/mol. The molecule has 168 valence electrons. The van der Waals surface area contributed by atoms with Crippen LogP contribution in [0.3, 0.4) is 0 Å². The average Bonchev–Trinajstić information content (AvgIpc) is 3.04. The van der Waals surface area contributed by atoms with E-state index < -0.39 is 39.1 Å². The number of hydrogen-bond donors (Lipinski definition) is 2. The van der Waals surface area contributed by atoms with Crippen LogP contribution in [0.25, 0.3) is 0 Å². The molecule has 0 aromatic heterocycles. The first kappa shape index (κ1) is 21.8. The van der Waals surface area contributed by atoms with Crippen LogP contribution in [0.2, 0.25) is 0 Å². The van der Waals surface area contributed by atoms with Crippen molar-refractivity contribution in [1.29, 1.82) is 5.26 Å². The van der Waals surface area contributed by atoms with Gasteiger partial charge in [0.1, 0.15) is 6.04 Å². The fourth-order valence-electron chi connectivity index (χ4n) is 6.73. The second-order valence-corrected chi connectivity index (χ2v) is 11.4. The number of rotatable bonds is 6. The first-order valence-corrected chi connectivity index (χ1v) is 12.1. The second-order valence-electron chi connectivity index (χ2n) is 9.73. The topological polar surface area (TPSA) is 102 Å². The molecule has 5 aliphatic rings. The van der Waals surface area contributed by atoms with E-state index in [4.69, 9.17) is 0 Å². The molecule has 1 amide bonds. The molecule has 2 unspecified atom stereocenters. The average molecular weight is 449 g/mol. The summed E-state index contributed by atoms with van der Waals surface area (Å²) in [6, 6.07) is 1.74. The van der Waals surface area contributed by atoms with Gasteiger partial charge in [-0.05, 0) is 63.2 Å². The van der Waals surface area contributed by atoms with Crippen molar-refractivity contribution in [3.05, 3.63) is 0 Å². The molecule has 1 heterocycles. The van der Waals surface area contributed by atoms with Crippen molar-refractivity contribution in [2.24, 2.45) is 11.8 Å². The summed E-state index contributed by atoms with van der Waals surface area (Å²) in [4.78, 5) is 14.2. The van der Waals surface area contributed by atoms with Gasteiger partial charge in [-0.1, -0.05) is 0 Å². The zero-order chi connectivity index (χ0) is 21.8. The zero-order valence-electron chi connectivity index (χ0n) is 16.7. The fourth-order valence-corrected chi connectivity index (χ4v) is 8.14. The highest BCUT2D eigenvalue weighted by Crippen LogP contribution is 2.57. The quantitative estimate of drug-likeness (QED) is 0.644. The minimum absolute atomic E-state index is 0.0585. The van der Waals surface area contributed by atoms with Gasteiger partial charge in [-0.25, -0.2) is 13.1 Å². The Morgan fingerprint density at radius 3 is 2.40 bits per heavy atom. The first-order chi connectivity index (χ1) is 13.9. The van der Waals surface area contributed by atoms with Crippen LogP contribution >= 0.6 is 0 Å². The van der Waals surface area contributed by atoms with Gasteiger partial charge in [-0.2, -0.15) is 18.4 Å². The molecule has 0 aromatic rings. The monoisotopic (exact) mass is 448 g/mol. The number of halogens is 3. The third-order valence-corrected chi connectivity index (χ3v) is 8.57. The third-order valence-electron chi connectivity index (χ3n) is 7.12. The van der Waals surface area contributed by atoms with E-state index in [1.165, 1.54) is 0 Å². The minimum Gasteiger partial charge on any atom is -0.326 e. The molecule has 2 N–H and O–H groups in total. The van der Waals surface area contributed by atoms with Crippen LogP contribution in [0.1, 0.15) is 51.4 Å². The van der Waals surface area contributed by atoms with Crippen molar-refractivity contribution in [3.63, 3.8) is 0 Å². The Morgan fingerprint density at radius 1 is 1.17 bits per heavy atom. The Hall–Kier alpha value is -1.38. The number of nitrogens with zero attached hydrogens (tertiary/aromatic N) is 2. The summed E-state index contributed by atoms with van der Waals surface area (Å²) >= 11 is 0. The van der Waals surface area contributed by atoms with Gasteiger partial charge in [0, 0.05) is 17.6 Å². The molecule has 0 aromatic carbocycles. The molecule has 4 aliphatic carbocycles. The van der Waals surface area contributed by atoms with Gasteiger partial charge in [0.15, 0.2) is 5.75 Å². The molecule has 5 fully saturated rings. The van der Waals surface area contributed by atoms with E-state index >= 15 is 0 Å². The summed E-state index contributed by atoms with van der Waals surface area (Å²) in [5.74, 6) is -1.58. The van der Waals surface area contributed by atoms with E-state index in [0.717, 1.165) is 25.7 Å². The molecule has 5 rings (SSSR count).